The van der Waals surface area contributed by atoms with Crippen molar-refractivity contribution in [2.24, 2.45) is 11.8 Å². The second kappa shape index (κ2) is 9.20. The van der Waals surface area contributed by atoms with Gasteiger partial charge in [0.25, 0.3) is 0 Å². The average Bonchev–Trinajstić information content (AvgIpc) is 2.34. The first-order valence-electron chi connectivity index (χ1n) is 6.81. The molecule has 2 atom stereocenters. The fraction of sp³-hybridized carbons (Fsp3) is 0.857. The molecular weight excluding hydrogens is 216 g/mol. The van der Waals surface area contributed by atoms with Crippen molar-refractivity contribution in [2.75, 3.05) is 6.61 Å². The maximum Gasteiger partial charge on any atom is 0.309 e. The standard InChI is InChI=1S/C14H26O3/c1-5-9-10-17-14(16)12(7-3)11(6-2)13(15)8-4/h11-12H,5-10H2,1-4H3. The molecule has 3 nitrogen and oxygen atoms in total. The van der Waals surface area contributed by atoms with E-state index in [1.807, 2.05) is 20.8 Å². The minimum absolute atomic E-state index is 0.167. The lowest BCUT2D eigenvalue weighted by molar-refractivity contribution is -0.153. The van der Waals surface area contributed by atoms with E-state index in [9.17, 15) is 9.59 Å². The Morgan fingerprint density at radius 3 is 2.00 bits per heavy atom. The van der Waals surface area contributed by atoms with Gasteiger partial charge in [-0.1, -0.05) is 34.1 Å². The van der Waals surface area contributed by atoms with Crippen molar-refractivity contribution >= 4 is 11.8 Å². The molecule has 17 heavy (non-hydrogen) atoms. The van der Waals surface area contributed by atoms with Gasteiger partial charge < -0.3 is 4.74 Å². The van der Waals surface area contributed by atoms with Crippen LogP contribution < -0.4 is 0 Å². The van der Waals surface area contributed by atoms with Crippen molar-refractivity contribution in [3.8, 4) is 0 Å². The van der Waals surface area contributed by atoms with E-state index in [1.54, 1.807) is 0 Å². The second-order valence-electron chi connectivity index (χ2n) is 4.37. The molecule has 0 aliphatic rings. The average molecular weight is 242 g/mol. The molecule has 0 saturated heterocycles. The van der Waals surface area contributed by atoms with Crippen molar-refractivity contribution in [2.45, 2.75) is 59.8 Å². The van der Waals surface area contributed by atoms with Crippen molar-refractivity contribution in [1.82, 2.24) is 0 Å². The Labute approximate surface area is 105 Å². The van der Waals surface area contributed by atoms with E-state index in [-0.39, 0.29) is 23.6 Å². The highest BCUT2D eigenvalue weighted by Crippen LogP contribution is 2.23. The molecule has 0 aliphatic carbocycles. The first kappa shape index (κ1) is 16.1. The maximum atomic E-state index is 11.9. The predicted molar refractivity (Wildman–Crippen MR) is 68.7 cm³/mol. The Morgan fingerprint density at radius 2 is 1.59 bits per heavy atom. The summed E-state index contributed by atoms with van der Waals surface area (Å²) in [6, 6.07) is 0. The molecule has 0 N–H and O–H groups in total. The van der Waals surface area contributed by atoms with Gasteiger partial charge in [0.05, 0.1) is 12.5 Å². The van der Waals surface area contributed by atoms with Gasteiger partial charge in [-0.2, -0.15) is 0 Å². The minimum Gasteiger partial charge on any atom is -0.465 e. The van der Waals surface area contributed by atoms with Crippen molar-refractivity contribution in [3.63, 3.8) is 0 Å². The lowest BCUT2D eigenvalue weighted by Crippen LogP contribution is -2.30. The Bertz CT molecular complexity index is 236. The van der Waals surface area contributed by atoms with Crippen LogP contribution in [-0.2, 0) is 14.3 Å². The molecule has 0 aromatic heterocycles. The number of hydrogen-bond donors (Lipinski definition) is 0. The zero-order valence-corrected chi connectivity index (χ0v) is 11.6. The summed E-state index contributed by atoms with van der Waals surface area (Å²) < 4.78 is 5.22. The third kappa shape index (κ3) is 5.33. The van der Waals surface area contributed by atoms with Gasteiger partial charge in [-0.15, -0.1) is 0 Å². The highest BCUT2D eigenvalue weighted by molar-refractivity contribution is 5.86. The summed E-state index contributed by atoms with van der Waals surface area (Å²) in [6.07, 6.45) is 3.79. The van der Waals surface area contributed by atoms with E-state index in [0.717, 1.165) is 12.8 Å². The molecule has 0 fully saturated rings. The molecule has 100 valence electrons. The van der Waals surface area contributed by atoms with Gasteiger partial charge in [0, 0.05) is 12.3 Å². The highest BCUT2D eigenvalue weighted by Gasteiger charge is 2.30. The van der Waals surface area contributed by atoms with E-state index in [1.165, 1.54) is 0 Å². The van der Waals surface area contributed by atoms with Crippen LogP contribution in [0.2, 0.25) is 0 Å². The van der Waals surface area contributed by atoms with E-state index in [4.69, 9.17) is 4.74 Å². The van der Waals surface area contributed by atoms with Crippen LogP contribution in [0.1, 0.15) is 59.8 Å². The number of ketones is 1. The van der Waals surface area contributed by atoms with Gasteiger partial charge in [-0.25, -0.2) is 0 Å². The summed E-state index contributed by atoms with van der Waals surface area (Å²) in [5, 5.41) is 0. The van der Waals surface area contributed by atoms with E-state index in [0.29, 0.717) is 25.9 Å². The summed E-state index contributed by atoms with van der Waals surface area (Å²) in [6.45, 7) is 8.28. The van der Waals surface area contributed by atoms with Gasteiger partial charge in [-0.3, -0.25) is 9.59 Å². The van der Waals surface area contributed by atoms with Crippen LogP contribution in [0.4, 0.5) is 0 Å². The van der Waals surface area contributed by atoms with E-state index >= 15 is 0 Å². The van der Waals surface area contributed by atoms with Crippen molar-refractivity contribution in [3.05, 3.63) is 0 Å². The number of rotatable bonds is 9. The van der Waals surface area contributed by atoms with Gasteiger partial charge in [0.2, 0.25) is 0 Å². The van der Waals surface area contributed by atoms with Crippen LogP contribution in [0, 0.1) is 11.8 Å². The first-order chi connectivity index (χ1) is 8.12. The van der Waals surface area contributed by atoms with Gasteiger partial charge in [0.1, 0.15) is 5.78 Å². The molecule has 0 saturated carbocycles. The van der Waals surface area contributed by atoms with Gasteiger partial charge in [-0.05, 0) is 19.3 Å². The van der Waals surface area contributed by atoms with Crippen LogP contribution in [0.5, 0.6) is 0 Å². The summed E-state index contributed by atoms with van der Waals surface area (Å²) >= 11 is 0. The van der Waals surface area contributed by atoms with Crippen molar-refractivity contribution in [1.29, 1.82) is 0 Å². The molecule has 0 aromatic carbocycles. The number of carbonyl (C=O) groups excluding carboxylic acids is 2. The van der Waals surface area contributed by atoms with Crippen LogP contribution in [0.15, 0.2) is 0 Å². The van der Waals surface area contributed by atoms with Gasteiger partial charge in [0.15, 0.2) is 0 Å². The summed E-state index contributed by atoms with van der Waals surface area (Å²) in [4.78, 5) is 23.7. The largest absolute Gasteiger partial charge is 0.465 e. The molecule has 0 bridgehead atoms. The molecule has 2 unspecified atom stereocenters. The number of hydrogen-bond acceptors (Lipinski definition) is 3. The number of unbranched alkanes of at least 4 members (excludes halogenated alkanes) is 1. The van der Waals surface area contributed by atoms with E-state index < -0.39 is 0 Å². The third-order valence-electron chi connectivity index (χ3n) is 3.17. The monoisotopic (exact) mass is 242 g/mol. The van der Waals surface area contributed by atoms with Gasteiger partial charge >= 0.3 is 5.97 Å². The molecule has 3 heteroatoms. The number of carbonyl (C=O) groups is 2. The lowest BCUT2D eigenvalue weighted by Gasteiger charge is -2.22. The Hall–Kier alpha value is -0.860. The quantitative estimate of drug-likeness (QED) is 0.460. The Kier molecular flexibility index (Phi) is 8.73. The normalized spacial score (nSPS) is 14.1. The predicted octanol–water partition coefficient (Wildman–Crippen LogP) is 3.36. The first-order valence-corrected chi connectivity index (χ1v) is 6.81. The SMILES string of the molecule is CCCCOC(=O)C(CC)C(CC)C(=O)CC. The fourth-order valence-electron chi connectivity index (χ4n) is 2.04. The number of ether oxygens (including phenoxy) is 1. The molecule has 0 radical (unpaired) electrons. The highest BCUT2D eigenvalue weighted by atomic mass is 16.5. The molecule has 0 aliphatic heterocycles. The molecule has 0 heterocycles. The maximum absolute atomic E-state index is 11.9. The Morgan fingerprint density at radius 1 is 1.00 bits per heavy atom. The van der Waals surface area contributed by atoms with Crippen LogP contribution in [0.3, 0.4) is 0 Å². The number of esters is 1. The Balaban J connectivity index is 4.45. The summed E-state index contributed by atoms with van der Waals surface area (Å²) in [5.74, 6) is -0.454. The molecule has 0 spiro atoms. The fourth-order valence-corrected chi connectivity index (χ4v) is 2.04. The minimum atomic E-state index is -0.260. The summed E-state index contributed by atoms with van der Waals surface area (Å²) in [5.41, 5.74) is 0. The molecule has 0 aromatic rings. The van der Waals surface area contributed by atoms with Crippen LogP contribution in [0.25, 0.3) is 0 Å². The smallest absolute Gasteiger partial charge is 0.309 e. The zero-order valence-electron chi connectivity index (χ0n) is 11.6. The van der Waals surface area contributed by atoms with Crippen molar-refractivity contribution < 1.29 is 14.3 Å². The second-order valence-corrected chi connectivity index (χ2v) is 4.37. The molecule has 0 rings (SSSR count). The molecule has 0 amide bonds. The van der Waals surface area contributed by atoms with Crippen LogP contribution >= 0.6 is 0 Å². The zero-order chi connectivity index (χ0) is 13.3. The summed E-state index contributed by atoms with van der Waals surface area (Å²) in [7, 11) is 0. The van der Waals surface area contributed by atoms with E-state index in [2.05, 4.69) is 6.92 Å². The lowest BCUT2D eigenvalue weighted by atomic mass is 9.84. The van der Waals surface area contributed by atoms with Crippen LogP contribution in [-0.4, -0.2) is 18.4 Å². The number of Topliss-reactive ketones (excluding diaryl/α,β-unsaturated/α-hetero) is 1. The topological polar surface area (TPSA) is 43.4 Å². The molecular formula is C14H26O3. The third-order valence-corrected chi connectivity index (χ3v) is 3.17.